The zero-order valence-electron chi connectivity index (χ0n) is 18.7. The van der Waals surface area contributed by atoms with E-state index < -0.39 is 0 Å². The second-order valence-electron chi connectivity index (χ2n) is 10.2. The number of pyridine rings is 1. The van der Waals surface area contributed by atoms with E-state index in [-0.39, 0.29) is 6.03 Å². The van der Waals surface area contributed by atoms with Crippen LogP contribution in [0.4, 0.5) is 4.79 Å². The Balaban J connectivity index is 1.29. The molecule has 0 radical (unpaired) electrons. The highest BCUT2D eigenvalue weighted by Crippen LogP contribution is 2.61. The van der Waals surface area contributed by atoms with Crippen molar-refractivity contribution in [2.24, 2.45) is 23.2 Å². The number of unbranched alkanes of at least 4 members (excludes halogenated alkanes) is 2. The van der Waals surface area contributed by atoms with Gasteiger partial charge in [0.2, 0.25) is 0 Å². The second kappa shape index (κ2) is 9.98. The van der Waals surface area contributed by atoms with E-state index in [2.05, 4.69) is 22.1 Å². The summed E-state index contributed by atoms with van der Waals surface area (Å²) in [6.07, 6.45) is 21.1. The van der Waals surface area contributed by atoms with Crippen molar-refractivity contribution < 1.29 is 4.79 Å². The van der Waals surface area contributed by atoms with Crippen molar-refractivity contribution in [1.29, 1.82) is 0 Å². The predicted octanol–water partition coefficient (Wildman–Crippen LogP) is 5.90. The molecule has 0 aliphatic heterocycles. The Morgan fingerprint density at radius 3 is 2.40 bits per heavy atom. The van der Waals surface area contributed by atoms with Crippen LogP contribution in [0.15, 0.2) is 30.6 Å². The molecule has 0 saturated heterocycles. The van der Waals surface area contributed by atoms with Crippen LogP contribution in [0, 0.1) is 23.2 Å². The summed E-state index contributed by atoms with van der Waals surface area (Å²) in [5, 5.41) is 3.12. The van der Waals surface area contributed by atoms with Crippen LogP contribution in [0.3, 0.4) is 0 Å². The van der Waals surface area contributed by atoms with E-state index >= 15 is 0 Å². The minimum absolute atomic E-state index is 0.107. The lowest BCUT2D eigenvalue weighted by molar-refractivity contribution is -0.0596. The normalized spacial score (nSPS) is 29.4. The first-order valence-electron chi connectivity index (χ1n) is 12.2. The van der Waals surface area contributed by atoms with Crippen LogP contribution in [0.1, 0.15) is 76.7 Å². The molecule has 1 N–H and O–H groups in total. The van der Waals surface area contributed by atoms with E-state index in [0.29, 0.717) is 12.0 Å². The summed E-state index contributed by atoms with van der Waals surface area (Å²) in [5.41, 5.74) is 1.65. The van der Waals surface area contributed by atoms with Crippen LogP contribution >= 0.6 is 0 Å². The number of nitrogens with one attached hydrogen (secondary N) is 1. The van der Waals surface area contributed by atoms with Gasteiger partial charge in [-0.2, -0.15) is 0 Å². The van der Waals surface area contributed by atoms with Crippen molar-refractivity contribution in [1.82, 2.24) is 15.2 Å². The Bertz CT molecular complexity index is 679. The highest BCUT2D eigenvalue weighted by Gasteiger charge is 2.50. The largest absolute Gasteiger partial charge is 0.335 e. The molecule has 4 nitrogen and oxygen atoms in total. The minimum Gasteiger partial charge on any atom is -0.335 e. The Hall–Kier alpha value is -1.84. The van der Waals surface area contributed by atoms with Gasteiger partial charge in [-0.05, 0) is 92.2 Å². The van der Waals surface area contributed by atoms with Crippen molar-refractivity contribution in [2.75, 3.05) is 19.6 Å². The minimum atomic E-state index is 0.107. The number of hydrogen-bond acceptors (Lipinski definition) is 2. The topological polar surface area (TPSA) is 45.2 Å². The second-order valence-corrected chi connectivity index (χ2v) is 10.2. The molecular formula is C26H39N3O. The smallest absolute Gasteiger partial charge is 0.317 e. The zero-order chi connectivity index (χ0) is 20.8. The standard InChI is InChI=1S/C26H39N3O/c1-2-3-4-13-29(25(30)28-10-5-6-21-7-11-27-12-8-21)14-9-26-18-22-15-23(19-26)17-24(16-22)20-26/h5-8,11-12,22-24H,2-4,9-10,13-20H2,1H3,(H,28,30)/b6-5-. The van der Waals surface area contributed by atoms with E-state index in [9.17, 15) is 4.79 Å². The third-order valence-corrected chi connectivity index (χ3v) is 7.78. The average molecular weight is 410 g/mol. The maximum atomic E-state index is 12.9. The van der Waals surface area contributed by atoms with Gasteiger partial charge in [0.15, 0.2) is 0 Å². The highest BCUT2D eigenvalue weighted by atomic mass is 16.2. The molecule has 4 heteroatoms. The molecule has 164 valence electrons. The number of carbonyl (C=O) groups excluding carboxylic acids is 1. The number of aromatic nitrogens is 1. The Kier molecular flexibility index (Phi) is 7.12. The van der Waals surface area contributed by atoms with Crippen LogP contribution in [-0.4, -0.2) is 35.5 Å². The van der Waals surface area contributed by atoms with Gasteiger partial charge in [0.05, 0.1) is 0 Å². The molecule has 0 unspecified atom stereocenters. The number of rotatable bonds is 10. The fraction of sp³-hybridized carbons (Fsp3) is 0.692. The van der Waals surface area contributed by atoms with Crippen molar-refractivity contribution in [3.8, 4) is 0 Å². The lowest BCUT2D eigenvalue weighted by atomic mass is 9.49. The molecule has 4 aliphatic rings. The van der Waals surface area contributed by atoms with Crippen molar-refractivity contribution in [3.05, 3.63) is 36.2 Å². The van der Waals surface area contributed by atoms with E-state index in [1.54, 1.807) is 12.4 Å². The zero-order valence-corrected chi connectivity index (χ0v) is 18.7. The number of amides is 2. The summed E-state index contributed by atoms with van der Waals surface area (Å²) in [7, 11) is 0. The van der Waals surface area contributed by atoms with Gasteiger partial charge in [0.25, 0.3) is 0 Å². The quantitative estimate of drug-likeness (QED) is 0.489. The molecule has 1 aromatic heterocycles. The van der Waals surface area contributed by atoms with Crippen LogP contribution < -0.4 is 5.32 Å². The summed E-state index contributed by atoms with van der Waals surface area (Å²) in [6.45, 7) is 4.61. The first-order chi connectivity index (χ1) is 14.7. The monoisotopic (exact) mass is 409 g/mol. The van der Waals surface area contributed by atoms with Gasteiger partial charge in [0, 0.05) is 32.0 Å². The summed E-state index contributed by atoms with van der Waals surface area (Å²) >= 11 is 0. The number of urea groups is 1. The number of hydrogen-bond donors (Lipinski definition) is 1. The first kappa shape index (κ1) is 21.4. The van der Waals surface area contributed by atoms with Gasteiger partial charge < -0.3 is 10.2 Å². The predicted molar refractivity (Wildman–Crippen MR) is 123 cm³/mol. The van der Waals surface area contributed by atoms with Crippen molar-refractivity contribution in [3.63, 3.8) is 0 Å². The molecule has 2 amide bonds. The van der Waals surface area contributed by atoms with Crippen LogP contribution in [0.25, 0.3) is 6.08 Å². The van der Waals surface area contributed by atoms with E-state index in [1.165, 1.54) is 57.8 Å². The summed E-state index contributed by atoms with van der Waals surface area (Å²) < 4.78 is 0. The maximum absolute atomic E-state index is 12.9. The van der Waals surface area contributed by atoms with E-state index in [4.69, 9.17) is 0 Å². The SMILES string of the molecule is CCCCCN(CCC12CC3CC(CC(C3)C1)C2)C(=O)NC/C=C\c1ccncc1. The number of carbonyl (C=O) groups is 1. The summed E-state index contributed by atoms with van der Waals surface area (Å²) in [6, 6.07) is 4.05. The first-order valence-corrected chi connectivity index (χ1v) is 12.2. The molecule has 4 bridgehead atoms. The van der Waals surface area contributed by atoms with E-state index in [0.717, 1.165) is 42.8 Å². The van der Waals surface area contributed by atoms with Gasteiger partial charge >= 0.3 is 6.03 Å². The molecule has 0 atom stereocenters. The van der Waals surface area contributed by atoms with Crippen molar-refractivity contribution in [2.45, 2.75) is 71.1 Å². The molecule has 4 fully saturated rings. The average Bonchev–Trinajstić information content (AvgIpc) is 2.73. The molecule has 1 heterocycles. The summed E-state index contributed by atoms with van der Waals surface area (Å²) in [4.78, 5) is 19.1. The lowest BCUT2D eigenvalue weighted by Gasteiger charge is -2.57. The van der Waals surface area contributed by atoms with Crippen LogP contribution in [-0.2, 0) is 0 Å². The van der Waals surface area contributed by atoms with Crippen molar-refractivity contribution >= 4 is 12.1 Å². The molecule has 5 rings (SSSR count). The van der Waals surface area contributed by atoms with Gasteiger partial charge in [-0.1, -0.05) is 31.9 Å². The molecule has 4 saturated carbocycles. The van der Waals surface area contributed by atoms with Crippen LogP contribution in [0.2, 0.25) is 0 Å². The molecule has 4 aliphatic carbocycles. The van der Waals surface area contributed by atoms with Gasteiger partial charge in [-0.15, -0.1) is 0 Å². The van der Waals surface area contributed by atoms with Gasteiger partial charge in [-0.3, -0.25) is 4.98 Å². The lowest BCUT2D eigenvalue weighted by Crippen LogP contribution is -2.48. The Morgan fingerprint density at radius 1 is 1.10 bits per heavy atom. The number of nitrogens with zero attached hydrogens (tertiary/aromatic N) is 2. The fourth-order valence-corrected chi connectivity index (χ4v) is 6.76. The Labute approximate surface area is 182 Å². The molecular weight excluding hydrogens is 370 g/mol. The van der Waals surface area contributed by atoms with E-state index in [1.807, 2.05) is 24.3 Å². The van der Waals surface area contributed by atoms with Gasteiger partial charge in [0.1, 0.15) is 0 Å². The molecule has 30 heavy (non-hydrogen) atoms. The highest BCUT2D eigenvalue weighted by molar-refractivity contribution is 5.74. The maximum Gasteiger partial charge on any atom is 0.317 e. The third-order valence-electron chi connectivity index (χ3n) is 7.78. The fourth-order valence-electron chi connectivity index (χ4n) is 6.76. The van der Waals surface area contributed by atoms with Crippen LogP contribution in [0.5, 0.6) is 0 Å². The third kappa shape index (κ3) is 5.44. The van der Waals surface area contributed by atoms with Gasteiger partial charge in [-0.25, -0.2) is 4.79 Å². The molecule has 1 aromatic rings. The summed E-state index contributed by atoms with van der Waals surface area (Å²) in [5.74, 6) is 2.95. The molecule has 0 aromatic carbocycles. The molecule has 0 spiro atoms. The Morgan fingerprint density at radius 2 is 1.77 bits per heavy atom.